The van der Waals surface area contributed by atoms with Crippen LogP contribution in [0.1, 0.15) is 42.9 Å². The molecule has 1 saturated carbocycles. The number of hydrogen-bond donors (Lipinski definition) is 2. The van der Waals surface area contributed by atoms with E-state index in [1.54, 1.807) is 6.33 Å². The lowest BCUT2D eigenvalue weighted by Gasteiger charge is -2.18. The minimum absolute atomic E-state index is 0.0374. The molecule has 1 fully saturated rings. The van der Waals surface area contributed by atoms with Gasteiger partial charge in [0.1, 0.15) is 12.2 Å². The Bertz CT molecular complexity index is 906. The van der Waals surface area contributed by atoms with Crippen LogP contribution in [0.15, 0.2) is 30.6 Å². The number of aromatic amines is 1. The zero-order valence-electron chi connectivity index (χ0n) is 14.6. The van der Waals surface area contributed by atoms with Crippen LogP contribution in [-0.4, -0.2) is 25.7 Å². The molecule has 0 aliphatic heterocycles. The maximum atomic E-state index is 12.8. The van der Waals surface area contributed by atoms with Crippen molar-refractivity contribution in [3.05, 3.63) is 47.7 Å². The topological polar surface area (TPSA) is 75.6 Å². The van der Waals surface area contributed by atoms with Gasteiger partial charge in [-0.3, -0.25) is 4.79 Å². The Kier molecular flexibility index (Phi) is 4.03. The van der Waals surface area contributed by atoms with Gasteiger partial charge in [0.2, 0.25) is 5.91 Å². The molecule has 0 bridgehead atoms. The summed E-state index contributed by atoms with van der Waals surface area (Å²) < 4.78 is 1.88. The van der Waals surface area contributed by atoms with E-state index >= 15 is 0 Å². The summed E-state index contributed by atoms with van der Waals surface area (Å²) in [4.78, 5) is 20.5. The molecule has 25 heavy (non-hydrogen) atoms. The van der Waals surface area contributed by atoms with Crippen LogP contribution in [0, 0.1) is 12.8 Å². The van der Waals surface area contributed by atoms with Crippen molar-refractivity contribution in [2.75, 3.05) is 0 Å². The summed E-state index contributed by atoms with van der Waals surface area (Å²) in [6, 6.07) is 8.07. The van der Waals surface area contributed by atoms with E-state index in [1.807, 2.05) is 36.7 Å². The van der Waals surface area contributed by atoms with Crippen molar-refractivity contribution in [1.82, 2.24) is 25.1 Å². The Hall–Kier alpha value is -2.63. The Balaban J connectivity index is 1.55. The number of aryl methyl sites for hydroxylation is 2. The van der Waals surface area contributed by atoms with Crippen LogP contribution < -0.4 is 5.32 Å². The van der Waals surface area contributed by atoms with E-state index < -0.39 is 0 Å². The Morgan fingerprint density at radius 1 is 1.40 bits per heavy atom. The molecule has 0 radical (unpaired) electrons. The monoisotopic (exact) mass is 337 g/mol. The maximum absolute atomic E-state index is 12.8. The second-order valence-corrected chi connectivity index (χ2v) is 6.77. The molecule has 0 spiro atoms. The first kappa shape index (κ1) is 15.9. The third kappa shape index (κ3) is 3.04. The fraction of sp³-hybridized carbons (Fsp3) is 0.421. The van der Waals surface area contributed by atoms with E-state index in [0.717, 1.165) is 47.4 Å². The molecule has 2 N–H and O–H groups in total. The zero-order valence-corrected chi connectivity index (χ0v) is 14.6. The van der Waals surface area contributed by atoms with Crippen LogP contribution in [0.5, 0.6) is 0 Å². The van der Waals surface area contributed by atoms with Crippen LogP contribution in [0.2, 0.25) is 0 Å². The lowest BCUT2D eigenvalue weighted by atomic mass is 10.1. The molecule has 1 aliphatic carbocycles. The molecule has 2 heterocycles. The van der Waals surface area contributed by atoms with Gasteiger partial charge in [0, 0.05) is 23.1 Å². The highest BCUT2D eigenvalue weighted by Gasteiger charge is 2.36. The molecule has 1 aromatic carbocycles. The highest BCUT2D eigenvalue weighted by molar-refractivity contribution is 5.90. The Morgan fingerprint density at radius 3 is 2.96 bits per heavy atom. The van der Waals surface area contributed by atoms with Gasteiger partial charge < -0.3 is 10.3 Å². The van der Waals surface area contributed by atoms with E-state index in [1.165, 1.54) is 0 Å². The van der Waals surface area contributed by atoms with Gasteiger partial charge in [-0.15, -0.1) is 0 Å². The molecule has 3 aromatic rings. The van der Waals surface area contributed by atoms with Gasteiger partial charge in [-0.1, -0.05) is 18.2 Å². The number of fused-ring (bicyclic) bond motifs is 1. The molecular weight excluding hydrogens is 314 g/mol. The highest BCUT2D eigenvalue weighted by Crippen LogP contribution is 2.40. The minimum Gasteiger partial charge on any atom is -0.358 e. The second-order valence-electron chi connectivity index (χ2n) is 6.77. The third-order valence-electron chi connectivity index (χ3n) is 5.00. The van der Waals surface area contributed by atoms with Crippen molar-refractivity contribution in [2.24, 2.45) is 5.92 Å². The van der Waals surface area contributed by atoms with E-state index in [-0.39, 0.29) is 11.9 Å². The van der Waals surface area contributed by atoms with Crippen LogP contribution >= 0.6 is 0 Å². The number of nitrogens with zero attached hydrogens (tertiary/aromatic N) is 3. The van der Waals surface area contributed by atoms with Gasteiger partial charge >= 0.3 is 0 Å². The van der Waals surface area contributed by atoms with Crippen LogP contribution in [-0.2, 0) is 17.8 Å². The predicted octanol–water partition coefficient (Wildman–Crippen LogP) is 2.90. The van der Waals surface area contributed by atoms with Gasteiger partial charge in [-0.05, 0) is 44.2 Å². The van der Waals surface area contributed by atoms with Crippen molar-refractivity contribution in [2.45, 2.75) is 45.7 Å². The highest BCUT2D eigenvalue weighted by atomic mass is 16.1. The van der Waals surface area contributed by atoms with Crippen molar-refractivity contribution >= 4 is 16.8 Å². The molecule has 6 heteroatoms. The number of hydrogen-bond acceptors (Lipinski definition) is 3. The molecule has 0 unspecified atom stereocenters. The number of carbonyl (C=O) groups excluding carboxylic acids is 1. The number of rotatable bonds is 6. The van der Waals surface area contributed by atoms with Crippen LogP contribution in [0.4, 0.5) is 0 Å². The maximum Gasteiger partial charge on any atom is 0.225 e. The van der Waals surface area contributed by atoms with E-state index in [2.05, 4.69) is 26.4 Å². The number of para-hydroxylation sites is 1. The Labute approximate surface area is 146 Å². The van der Waals surface area contributed by atoms with E-state index in [4.69, 9.17) is 0 Å². The third-order valence-corrected chi connectivity index (χ3v) is 5.00. The smallest absolute Gasteiger partial charge is 0.225 e. The normalized spacial score (nSPS) is 15.4. The number of amides is 1. The number of nitrogens with one attached hydrogen (secondary N) is 2. The summed E-state index contributed by atoms with van der Waals surface area (Å²) >= 11 is 0. The van der Waals surface area contributed by atoms with E-state index in [9.17, 15) is 4.79 Å². The molecular formula is C19H23N5O. The summed E-state index contributed by atoms with van der Waals surface area (Å²) in [6.45, 7) is 4.82. The number of benzene rings is 1. The summed E-state index contributed by atoms with van der Waals surface area (Å²) in [7, 11) is 0. The van der Waals surface area contributed by atoms with Gasteiger partial charge in [0.05, 0.1) is 12.5 Å². The fourth-order valence-corrected chi connectivity index (χ4v) is 3.53. The summed E-state index contributed by atoms with van der Waals surface area (Å²) in [6.07, 6.45) is 4.21. The first-order valence-corrected chi connectivity index (χ1v) is 8.90. The number of H-pyrrole nitrogens is 1. The molecule has 130 valence electrons. The molecule has 1 aliphatic rings. The van der Waals surface area contributed by atoms with E-state index in [0.29, 0.717) is 12.3 Å². The summed E-state index contributed by atoms with van der Waals surface area (Å²) in [5, 5.41) is 8.58. The van der Waals surface area contributed by atoms with Crippen LogP contribution in [0.3, 0.4) is 0 Å². The van der Waals surface area contributed by atoms with Gasteiger partial charge in [0.25, 0.3) is 0 Å². The first-order valence-electron chi connectivity index (χ1n) is 8.90. The largest absolute Gasteiger partial charge is 0.358 e. The molecule has 6 nitrogen and oxygen atoms in total. The minimum atomic E-state index is -0.0412. The zero-order chi connectivity index (χ0) is 17.4. The SMILES string of the molecule is CCn1ncnc1[C@H](NC(=O)Cc1c(C)[nH]c2ccccc12)C1CC1. The average Bonchev–Trinajstić information content (AvgIpc) is 3.26. The lowest BCUT2D eigenvalue weighted by Crippen LogP contribution is -2.33. The average molecular weight is 337 g/mol. The molecule has 1 amide bonds. The summed E-state index contributed by atoms with van der Waals surface area (Å²) in [5.74, 6) is 1.38. The van der Waals surface area contributed by atoms with Crippen molar-refractivity contribution < 1.29 is 4.79 Å². The quantitative estimate of drug-likeness (QED) is 0.726. The molecule has 2 aromatic heterocycles. The van der Waals surface area contributed by atoms with Gasteiger partial charge in [-0.25, -0.2) is 9.67 Å². The van der Waals surface area contributed by atoms with Crippen LogP contribution in [0.25, 0.3) is 10.9 Å². The predicted molar refractivity (Wildman–Crippen MR) is 96.0 cm³/mol. The first-order chi connectivity index (χ1) is 12.2. The van der Waals surface area contributed by atoms with Crippen molar-refractivity contribution in [3.8, 4) is 0 Å². The Morgan fingerprint density at radius 2 is 2.20 bits per heavy atom. The standard InChI is InChI=1S/C19H23N5O/c1-3-24-19(20-11-21-24)18(13-8-9-13)23-17(25)10-15-12(2)22-16-7-5-4-6-14(15)16/h4-7,11,13,18,22H,3,8-10H2,1-2H3,(H,23,25)/t18-/m1/s1. The lowest BCUT2D eigenvalue weighted by molar-refractivity contribution is -0.121. The second kappa shape index (κ2) is 6.35. The van der Waals surface area contributed by atoms with Crippen molar-refractivity contribution in [3.63, 3.8) is 0 Å². The molecule has 1 atom stereocenters. The number of aromatic nitrogens is 4. The fourth-order valence-electron chi connectivity index (χ4n) is 3.53. The summed E-state index contributed by atoms with van der Waals surface area (Å²) in [5.41, 5.74) is 3.20. The molecule has 0 saturated heterocycles. The van der Waals surface area contributed by atoms with Gasteiger partial charge in [0.15, 0.2) is 0 Å². The van der Waals surface area contributed by atoms with Gasteiger partial charge in [-0.2, -0.15) is 5.10 Å². The number of carbonyl (C=O) groups is 1. The molecule has 4 rings (SSSR count). The van der Waals surface area contributed by atoms with Crippen molar-refractivity contribution in [1.29, 1.82) is 0 Å².